The maximum Gasteiger partial charge on any atom is 0.161 e. The molecule has 0 saturated heterocycles. The maximum atomic E-state index is 11.4. The van der Waals surface area contributed by atoms with Crippen molar-refractivity contribution in [3.63, 3.8) is 0 Å². The molecule has 0 radical (unpaired) electrons. The van der Waals surface area contributed by atoms with Crippen LogP contribution in [0.15, 0.2) is 90.4 Å². The van der Waals surface area contributed by atoms with E-state index in [1.54, 1.807) is 18.2 Å². The lowest BCUT2D eigenvalue weighted by Gasteiger charge is -2.29. The Morgan fingerprint density at radius 3 is 2.56 bits per heavy atom. The third-order valence-electron chi connectivity index (χ3n) is 10.7. The van der Waals surface area contributed by atoms with Crippen LogP contribution < -0.4 is 15.8 Å². The van der Waals surface area contributed by atoms with Gasteiger partial charge in [-0.15, -0.1) is 5.92 Å². The van der Waals surface area contributed by atoms with E-state index in [4.69, 9.17) is 10.5 Å². The molecule has 0 bridgehead atoms. The van der Waals surface area contributed by atoms with E-state index in [0.717, 1.165) is 42.5 Å². The number of aromatic nitrogens is 1. The van der Waals surface area contributed by atoms with E-state index >= 15 is 0 Å². The summed E-state index contributed by atoms with van der Waals surface area (Å²) in [6, 6.07) is 19.5. The molecule has 280 valence electrons. The molecule has 8 atom stereocenters. The van der Waals surface area contributed by atoms with Gasteiger partial charge in [0, 0.05) is 36.7 Å². The van der Waals surface area contributed by atoms with Crippen molar-refractivity contribution in [2.24, 2.45) is 29.4 Å². The molecule has 9 heteroatoms. The van der Waals surface area contributed by atoms with Gasteiger partial charge in [-0.25, -0.2) is 0 Å². The number of nitrogens with one attached hydrogen (secondary N) is 2. The molecule has 1 aromatic heterocycles. The summed E-state index contributed by atoms with van der Waals surface area (Å²) in [4.78, 5) is 3.25. The van der Waals surface area contributed by atoms with Crippen LogP contribution in [0.3, 0.4) is 0 Å². The van der Waals surface area contributed by atoms with Gasteiger partial charge >= 0.3 is 0 Å². The first-order chi connectivity index (χ1) is 25.2. The molecule has 0 amide bonds. The van der Waals surface area contributed by atoms with Crippen molar-refractivity contribution in [3.8, 4) is 23.3 Å². The number of aryl methyl sites for hydroxylation is 1. The van der Waals surface area contributed by atoms with Crippen molar-refractivity contribution in [3.05, 3.63) is 107 Å². The summed E-state index contributed by atoms with van der Waals surface area (Å²) >= 11 is 0. The summed E-state index contributed by atoms with van der Waals surface area (Å²) in [5, 5.41) is 57.3. The fourth-order valence-electron chi connectivity index (χ4n) is 7.54. The van der Waals surface area contributed by atoms with E-state index < -0.39 is 31.0 Å². The quantitative estimate of drug-likeness (QED) is 0.0948. The van der Waals surface area contributed by atoms with E-state index in [2.05, 4.69) is 59.4 Å². The highest BCUT2D eigenvalue weighted by molar-refractivity contribution is 5.42. The van der Waals surface area contributed by atoms with Crippen LogP contribution in [0, 0.1) is 35.5 Å². The first-order valence-electron chi connectivity index (χ1n) is 18.9. The van der Waals surface area contributed by atoms with Gasteiger partial charge in [0.25, 0.3) is 0 Å². The average Bonchev–Trinajstić information content (AvgIpc) is 3.67. The molecule has 1 aliphatic carbocycles. The van der Waals surface area contributed by atoms with Crippen LogP contribution in [0.5, 0.6) is 11.5 Å². The Balaban J connectivity index is 1.24. The predicted molar refractivity (Wildman–Crippen MR) is 204 cm³/mol. The number of allylic oxidation sites excluding steroid dienone is 2. The standard InChI is InChI=1S/C43H57N3O6/c1-29(23-30-9-3-2-4-10-30)32-11-5-6-15-37(48)36(14-7-12-32)38(49)18-16-31-17-19-39(50)41(24-31)52-42(40(51)28-47)26-34(25-35-13-8-21-45-35)33-20-22-46-43(44)27-33/h2-4,8-10,13,17,19-21,24,27,29,32,34,36-38,40,42,45-51H,5-6,11,14-16,18,22-23,25-26,28,44H2,1H3/t29-,32+,34+,36+,37+,38-,40-,42-/m1/s1. The average molecular weight is 712 g/mol. The highest BCUT2D eigenvalue weighted by atomic mass is 16.5. The van der Waals surface area contributed by atoms with Crippen molar-refractivity contribution >= 4 is 0 Å². The molecule has 5 rings (SSSR count). The van der Waals surface area contributed by atoms with Gasteiger partial charge in [-0.05, 0) is 104 Å². The molecule has 9 N–H and O–H groups in total. The van der Waals surface area contributed by atoms with Crippen LogP contribution in [0.1, 0.15) is 68.7 Å². The number of hydrogen-bond acceptors (Lipinski definition) is 8. The lowest BCUT2D eigenvalue weighted by molar-refractivity contribution is -0.0104. The molecule has 2 aliphatic rings. The van der Waals surface area contributed by atoms with Gasteiger partial charge in [-0.3, -0.25) is 0 Å². The van der Waals surface area contributed by atoms with E-state index in [9.17, 15) is 25.5 Å². The molecule has 1 aliphatic heterocycles. The zero-order valence-corrected chi connectivity index (χ0v) is 30.3. The van der Waals surface area contributed by atoms with Crippen molar-refractivity contribution in [1.82, 2.24) is 10.3 Å². The fourth-order valence-corrected chi connectivity index (χ4v) is 7.54. The molecular weight excluding hydrogens is 654 g/mol. The van der Waals surface area contributed by atoms with E-state index in [-0.39, 0.29) is 29.3 Å². The van der Waals surface area contributed by atoms with E-state index in [1.165, 1.54) is 5.56 Å². The number of phenols is 1. The minimum Gasteiger partial charge on any atom is -0.504 e. The molecule has 0 saturated carbocycles. The van der Waals surface area contributed by atoms with E-state index in [1.807, 2.05) is 30.5 Å². The summed E-state index contributed by atoms with van der Waals surface area (Å²) in [6.45, 7) is 2.34. The maximum absolute atomic E-state index is 11.4. The van der Waals surface area contributed by atoms with Crippen LogP contribution in [-0.4, -0.2) is 68.1 Å². The number of aromatic hydroxyl groups is 1. The zero-order chi connectivity index (χ0) is 36.9. The summed E-state index contributed by atoms with van der Waals surface area (Å²) in [6.07, 6.45) is 9.18. The third kappa shape index (κ3) is 11.4. The van der Waals surface area contributed by atoms with Crippen molar-refractivity contribution in [2.75, 3.05) is 13.2 Å². The highest BCUT2D eigenvalue weighted by Gasteiger charge is 2.30. The number of benzene rings is 2. The van der Waals surface area contributed by atoms with Crippen LogP contribution in [-0.2, 0) is 19.3 Å². The molecule has 2 heterocycles. The topological polar surface area (TPSA) is 164 Å². The number of dihydropyridines is 1. The normalized spacial score (nSPS) is 22.3. The summed E-state index contributed by atoms with van der Waals surface area (Å²) in [5.41, 5.74) is 10.3. The van der Waals surface area contributed by atoms with Gasteiger partial charge in [0.1, 0.15) is 12.2 Å². The fraction of sp³-hybridized carbons (Fsp3) is 0.488. The number of aliphatic hydroxyl groups is 4. The van der Waals surface area contributed by atoms with E-state index in [0.29, 0.717) is 56.8 Å². The zero-order valence-electron chi connectivity index (χ0n) is 30.3. The van der Waals surface area contributed by atoms with Gasteiger partial charge in [-0.2, -0.15) is 0 Å². The molecule has 2 aromatic carbocycles. The van der Waals surface area contributed by atoms with Crippen molar-refractivity contribution in [2.45, 2.75) is 95.5 Å². The SMILES string of the molecule is C[C@H](Cc1ccccc1)[C@@H]1C#CC[C@H]([C@H](O)CCc2ccc(O)c(O[C@H](C[C@H](Cc3ccc[nH]3)C3=CCNC(N)=C3)[C@H](O)CO)c2)[C@@H](O)CCCC1. The van der Waals surface area contributed by atoms with Gasteiger partial charge in [-0.1, -0.05) is 68.2 Å². The molecule has 0 spiro atoms. The lowest BCUT2D eigenvalue weighted by Crippen LogP contribution is -2.37. The van der Waals surface area contributed by atoms with Gasteiger partial charge in [0.05, 0.1) is 24.6 Å². The Labute approximate surface area is 308 Å². The first-order valence-corrected chi connectivity index (χ1v) is 18.9. The number of aliphatic hydroxyl groups excluding tert-OH is 4. The minimum atomic E-state index is -1.20. The predicted octanol–water partition coefficient (Wildman–Crippen LogP) is 5.13. The Kier molecular flexibility index (Phi) is 14.7. The smallest absolute Gasteiger partial charge is 0.161 e. The molecule has 52 heavy (non-hydrogen) atoms. The summed E-state index contributed by atoms with van der Waals surface area (Å²) in [7, 11) is 0. The van der Waals surface area contributed by atoms with Gasteiger partial charge in [0.15, 0.2) is 11.5 Å². The molecule has 3 aromatic rings. The van der Waals surface area contributed by atoms with Gasteiger partial charge in [0.2, 0.25) is 0 Å². The number of ether oxygens (including phenoxy) is 1. The number of phenolic OH excluding ortho intramolecular Hbond substituents is 1. The van der Waals surface area contributed by atoms with Crippen LogP contribution in [0.4, 0.5) is 0 Å². The van der Waals surface area contributed by atoms with Crippen LogP contribution in [0.25, 0.3) is 0 Å². The molecule has 9 nitrogen and oxygen atoms in total. The van der Waals surface area contributed by atoms with Crippen molar-refractivity contribution in [1.29, 1.82) is 0 Å². The largest absolute Gasteiger partial charge is 0.504 e. The van der Waals surface area contributed by atoms with Gasteiger partial charge < -0.3 is 46.3 Å². The molecule has 0 unspecified atom stereocenters. The second kappa shape index (κ2) is 19.6. The number of hydrogen-bond donors (Lipinski definition) is 8. The number of rotatable bonds is 16. The number of aromatic amines is 1. The first kappa shape index (κ1) is 39.0. The van der Waals surface area contributed by atoms with Crippen LogP contribution >= 0.6 is 0 Å². The van der Waals surface area contributed by atoms with Crippen LogP contribution in [0.2, 0.25) is 0 Å². The Morgan fingerprint density at radius 2 is 1.81 bits per heavy atom. The number of H-pyrrole nitrogens is 1. The summed E-state index contributed by atoms with van der Waals surface area (Å²) in [5.74, 6) is 7.75. The second-order valence-corrected chi connectivity index (χ2v) is 14.6. The lowest BCUT2D eigenvalue weighted by atomic mass is 9.82. The highest BCUT2D eigenvalue weighted by Crippen LogP contribution is 2.33. The Hall–Kier alpha value is -4.20. The number of nitrogens with two attached hydrogens (primary N) is 1. The second-order valence-electron chi connectivity index (χ2n) is 14.6. The Morgan fingerprint density at radius 1 is 1.00 bits per heavy atom. The third-order valence-corrected chi connectivity index (χ3v) is 10.7. The molecule has 0 fully saturated rings. The van der Waals surface area contributed by atoms with Crippen molar-refractivity contribution < 1.29 is 30.3 Å². The monoisotopic (exact) mass is 711 g/mol. The Bertz CT molecular complexity index is 1650. The summed E-state index contributed by atoms with van der Waals surface area (Å²) < 4.78 is 6.28. The minimum absolute atomic E-state index is 0.0837. The molecular formula is C43H57N3O6.